The van der Waals surface area contributed by atoms with E-state index in [1.54, 1.807) is 5.57 Å². The smallest absolute Gasteiger partial charge is 0.143 e. The topological polar surface area (TPSA) is 16.4 Å². The molecule has 0 radical (unpaired) electrons. The minimum atomic E-state index is -0.0103. The SMILES string of the molecule is CC1(C)C2=C(C=CCC2)c2c(-c3ccccc3N(c3ccc(-c4cccc5ccccc45)cc3)c3ccc(-c4cccc5oc6c7ccccc7ccc6c45)cc3)cccc21. The Labute approximate surface area is 356 Å². The summed E-state index contributed by atoms with van der Waals surface area (Å²) in [6.45, 7) is 4.81. The highest BCUT2D eigenvalue weighted by molar-refractivity contribution is 6.19. The lowest BCUT2D eigenvalue weighted by Gasteiger charge is -2.29. The molecule has 0 saturated heterocycles. The van der Waals surface area contributed by atoms with Crippen molar-refractivity contribution in [2.24, 2.45) is 0 Å². The lowest BCUT2D eigenvalue weighted by Crippen LogP contribution is -2.17. The molecule has 0 fully saturated rings. The standard InChI is InChI=1S/C59H43NO/c1-59(2)52-24-9-7-20-50(52)56-49(23-12-25-53(56)59)48-19-8-10-26-54(48)60(42-33-28-40(29-34-42)45-21-11-16-38-14-3-5-17-44(38)45)43-35-30-41(31-36-43)46-22-13-27-55-57(46)51-37-32-39-15-4-6-18-47(39)58(51)61-55/h3-8,10-23,25-37H,9,24H2,1-2H3. The maximum Gasteiger partial charge on any atom is 0.143 e. The van der Waals surface area contributed by atoms with Crippen LogP contribution in [0, 0.1) is 0 Å². The second-order valence-corrected chi connectivity index (χ2v) is 17.1. The normalized spacial score (nSPS) is 14.3. The van der Waals surface area contributed by atoms with Crippen molar-refractivity contribution in [1.82, 2.24) is 0 Å². The van der Waals surface area contributed by atoms with E-state index in [0.29, 0.717) is 0 Å². The molecule has 2 heteroatoms. The third kappa shape index (κ3) is 5.56. The number of furan rings is 1. The number of hydrogen-bond donors (Lipinski definition) is 0. The average molecular weight is 782 g/mol. The molecule has 0 amide bonds. The summed E-state index contributed by atoms with van der Waals surface area (Å²) in [5, 5.41) is 7.11. The first-order chi connectivity index (χ1) is 30.0. The summed E-state index contributed by atoms with van der Waals surface area (Å²) in [4.78, 5) is 2.44. The van der Waals surface area contributed by atoms with Crippen molar-refractivity contribution >= 4 is 66.1 Å². The molecule has 0 bridgehead atoms. The highest BCUT2D eigenvalue weighted by Crippen LogP contribution is 2.54. The summed E-state index contributed by atoms with van der Waals surface area (Å²) >= 11 is 0. The van der Waals surface area contributed by atoms with Crippen molar-refractivity contribution in [2.45, 2.75) is 32.1 Å². The summed E-state index contributed by atoms with van der Waals surface area (Å²) in [5.74, 6) is 0. The van der Waals surface area contributed by atoms with Crippen LogP contribution in [0.4, 0.5) is 17.1 Å². The van der Waals surface area contributed by atoms with E-state index in [2.05, 4.69) is 219 Å². The Kier molecular flexibility index (Phi) is 8.05. The van der Waals surface area contributed by atoms with Gasteiger partial charge in [-0.1, -0.05) is 177 Å². The third-order valence-corrected chi connectivity index (χ3v) is 13.4. The Morgan fingerprint density at radius 2 is 1.10 bits per heavy atom. The molecule has 0 spiro atoms. The fourth-order valence-electron chi connectivity index (χ4n) is 10.5. The molecule has 290 valence electrons. The number of rotatable bonds is 6. The fourth-order valence-corrected chi connectivity index (χ4v) is 10.5. The molecule has 0 saturated carbocycles. The van der Waals surface area contributed by atoms with E-state index in [4.69, 9.17) is 4.42 Å². The molecule has 2 nitrogen and oxygen atoms in total. The van der Waals surface area contributed by atoms with Gasteiger partial charge in [-0.25, -0.2) is 0 Å². The van der Waals surface area contributed by atoms with Crippen LogP contribution in [0.2, 0.25) is 0 Å². The van der Waals surface area contributed by atoms with Gasteiger partial charge in [0.1, 0.15) is 11.2 Å². The number of nitrogens with zero attached hydrogens (tertiary/aromatic N) is 1. The summed E-state index contributed by atoms with van der Waals surface area (Å²) < 4.78 is 6.59. The van der Waals surface area contributed by atoms with Crippen molar-refractivity contribution in [2.75, 3.05) is 4.90 Å². The second-order valence-electron chi connectivity index (χ2n) is 17.1. The molecule has 9 aromatic carbocycles. The predicted octanol–water partition coefficient (Wildman–Crippen LogP) is 16.8. The first-order valence-electron chi connectivity index (χ1n) is 21.5. The van der Waals surface area contributed by atoms with Gasteiger partial charge in [0.25, 0.3) is 0 Å². The monoisotopic (exact) mass is 781 g/mol. The summed E-state index contributed by atoms with van der Waals surface area (Å²) in [7, 11) is 0. The van der Waals surface area contributed by atoms with Crippen molar-refractivity contribution in [3.8, 4) is 33.4 Å². The number of para-hydroxylation sites is 1. The molecule has 12 rings (SSSR count). The molecule has 0 atom stereocenters. The summed E-state index contributed by atoms with van der Waals surface area (Å²) in [5.41, 5.74) is 18.2. The van der Waals surface area contributed by atoms with Crippen LogP contribution in [0.25, 0.3) is 82.4 Å². The maximum absolute atomic E-state index is 6.59. The Morgan fingerprint density at radius 1 is 0.492 bits per heavy atom. The molecule has 0 aliphatic heterocycles. The predicted molar refractivity (Wildman–Crippen MR) is 258 cm³/mol. The van der Waals surface area contributed by atoms with Crippen LogP contribution in [-0.4, -0.2) is 0 Å². The molecule has 2 aliphatic carbocycles. The molecule has 0 N–H and O–H groups in total. The lowest BCUT2D eigenvalue weighted by atomic mass is 9.78. The Bertz CT molecular complexity index is 3430. The Hall–Kier alpha value is -7.42. The summed E-state index contributed by atoms with van der Waals surface area (Å²) in [6, 6.07) is 68.7. The van der Waals surface area contributed by atoms with Crippen molar-refractivity contribution < 1.29 is 4.42 Å². The van der Waals surface area contributed by atoms with Crippen LogP contribution in [0.1, 0.15) is 37.8 Å². The van der Waals surface area contributed by atoms with Gasteiger partial charge in [0.2, 0.25) is 0 Å². The van der Waals surface area contributed by atoms with Gasteiger partial charge in [-0.15, -0.1) is 0 Å². The molecule has 0 unspecified atom stereocenters. The minimum absolute atomic E-state index is 0.0103. The number of benzene rings is 9. The van der Waals surface area contributed by atoms with Crippen LogP contribution >= 0.6 is 0 Å². The van der Waals surface area contributed by atoms with E-state index >= 15 is 0 Å². The van der Waals surface area contributed by atoms with Crippen molar-refractivity contribution in [1.29, 1.82) is 0 Å². The van der Waals surface area contributed by atoms with Crippen molar-refractivity contribution in [3.63, 3.8) is 0 Å². The fraction of sp³-hybridized carbons (Fsp3) is 0.0847. The van der Waals surface area contributed by atoms with E-state index in [1.165, 1.54) is 55.1 Å². The van der Waals surface area contributed by atoms with Crippen LogP contribution < -0.4 is 4.90 Å². The van der Waals surface area contributed by atoms with Crippen LogP contribution in [0.3, 0.4) is 0 Å². The first-order valence-corrected chi connectivity index (χ1v) is 21.5. The minimum Gasteiger partial charge on any atom is -0.455 e. The van der Waals surface area contributed by atoms with Gasteiger partial charge >= 0.3 is 0 Å². The number of allylic oxidation sites excluding steroid dienone is 4. The number of hydrogen-bond acceptors (Lipinski definition) is 2. The van der Waals surface area contributed by atoms with Gasteiger partial charge < -0.3 is 9.32 Å². The zero-order valence-corrected chi connectivity index (χ0v) is 34.3. The van der Waals surface area contributed by atoms with Crippen molar-refractivity contribution in [3.05, 3.63) is 217 Å². The van der Waals surface area contributed by atoms with Gasteiger partial charge in [0, 0.05) is 38.5 Å². The maximum atomic E-state index is 6.59. The van der Waals surface area contributed by atoms with Gasteiger partial charge in [0.15, 0.2) is 0 Å². The number of anilines is 3. The zero-order valence-electron chi connectivity index (χ0n) is 34.3. The summed E-state index contributed by atoms with van der Waals surface area (Å²) in [6.07, 6.45) is 6.94. The molecule has 2 aliphatic rings. The molecule has 61 heavy (non-hydrogen) atoms. The molecular formula is C59H43NO. The molecule has 10 aromatic rings. The zero-order chi connectivity index (χ0) is 40.7. The number of fused-ring (bicyclic) bond motifs is 8. The third-order valence-electron chi connectivity index (χ3n) is 13.4. The lowest BCUT2D eigenvalue weighted by molar-refractivity contribution is 0.607. The largest absolute Gasteiger partial charge is 0.455 e. The van der Waals surface area contributed by atoms with E-state index in [9.17, 15) is 0 Å². The molecular weight excluding hydrogens is 739 g/mol. The first kappa shape index (κ1) is 35.5. The Balaban J connectivity index is 1.02. The van der Waals surface area contributed by atoms with Crippen LogP contribution in [0.15, 0.2) is 210 Å². The molecule has 1 heterocycles. The average Bonchev–Trinajstić information content (AvgIpc) is 3.82. The van der Waals surface area contributed by atoms with E-state index in [0.717, 1.165) is 68.4 Å². The van der Waals surface area contributed by atoms with E-state index < -0.39 is 0 Å². The second kappa shape index (κ2) is 13.8. The highest BCUT2D eigenvalue weighted by Gasteiger charge is 2.39. The van der Waals surface area contributed by atoms with Gasteiger partial charge in [0.05, 0.1) is 5.69 Å². The highest BCUT2D eigenvalue weighted by atomic mass is 16.3. The molecule has 1 aromatic heterocycles. The van der Waals surface area contributed by atoms with Crippen LogP contribution in [-0.2, 0) is 5.41 Å². The van der Waals surface area contributed by atoms with Gasteiger partial charge in [-0.2, -0.15) is 0 Å². The van der Waals surface area contributed by atoms with Gasteiger partial charge in [-0.3, -0.25) is 0 Å². The quantitative estimate of drug-likeness (QED) is 0.167. The van der Waals surface area contributed by atoms with E-state index in [-0.39, 0.29) is 5.41 Å². The Morgan fingerprint density at radius 3 is 1.90 bits per heavy atom. The van der Waals surface area contributed by atoms with Crippen LogP contribution in [0.5, 0.6) is 0 Å². The van der Waals surface area contributed by atoms with E-state index in [1.807, 2.05) is 0 Å². The van der Waals surface area contributed by atoms with Gasteiger partial charge in [-0.05, 0) is 116 Å².